The van der Waals surface area contributed by atoms with E-state index in [2.05, 4.69) is 4.98 Å². The fourth-order valence-electron chi connectivity index (χ4n) is 3.27. The highest BCUT2D eigenvalue weighted by atomic mass is 16.5. The minimum atomic E-state index is -0.643. The third-order valence-corrected chi connectivity index (χ3v) is 4.93. The number of anilines is 1. The van der Waals surface area contributed by atoms with Crippen molar-refractivity contribution >= 4 is 23.5 Å². The third-order valence-electron chi connectivity index (χ3n) is 4.93. The van der Waals surface area contributed by atoms with Gasteiger partial charge in [-0.3, -0.25) is 9.59 Å². The van der Waals surface area contributed by atoms with E-state index in [1.165, 1.54) is 18.2 Å². The lowest BCUT2D eigenvalue weighted by atomic mass is 10.1. The molecule has 0 saturated carbocycles. The highest BCUT2D eigenvalue weighted by Gasteiger charge is 2.37. The summed E-state index contributed by atoms with van der Waals surface area (Å²) in [5.41, 5.74) is 1.69. The molecule has 0 aliphatic carbocycles. The molecular weight excluding hydrogens is 400 g/mol. The molecule has 3 aromatic rings. The number of aryl methyl sites for hydroxylation is 2. The monoisotopic (exact) mass is 420 g/mol. The van der Waals surface area contributed by atoms with Gasteiger partial charge in [0.1, 0.15) is 11.5 Å². The van der Waals surface area contributed by atoms with Gasteiger partial charge in [-0.05, 0) is 63.2 Å². The maximum absolute atomic E-state index is 12.9. The lowest BCUT2D eigenvalue weighted by Crippen LogP contribution is -2.29. The first-order valence-corrected chi connectivity index (χ1v) is 9.74. The van der Waals surface area contributed by atoms with E-state index in [0.717, 1.165) is 10.6 Å². The van der Waals surface area contributed by atoms with Gasteiger partial charge in [-0.25, -0.2) is 14.7 Å². The zero-order chi connectivity index (χ0) is 22.1. The van der Waals surface area contributed by atoms with Gasteiger partial charge in [0, 0.05) is 0 Å². The average molecular weight is 420 g/mol. The summed E-state index contributed by atoms with van der Waals surface area (Å²) >= 11 is 0. The lowest BCUT2D eigenvalue weighted by Gasteiger charge is -2.14. The number of rotatable bonds is 6. The Balaban J connectivity index is 1.52. The Hall–Kier alpha value is -3.94. The second-order valence-electron chi connectivity index (χ2n) is 6.96. The summed E-state index contributed by atoms with van der Waals surface area (Å²) < 4.78 is 16.0. The normalized spacial score (nSPS) is 12.8. The van der Waals surface area contributed by atoms with Crippen molar-refractivity contribution in [3.05, 3.63) is 76.5 Å². The van der Waals surface area contributed by atoms with Crippen molar-refractivity contribution in [1.29, 1.82) is 0 Å². The van der Waals surface area contributed by atoms with Crippen LogP contribution in [0.4, 0.5) is 5.69 Å². The van der Waals surface area contributed by atoms with E-state index >= 15 is 0 Å². The van der Waals surface area contributed by atoms with Crippen LogP contribution in [0, 0.1) is 13.8 Å². The van der Waals surface area contributed by atoms with Crippen molar-refractivity contribution < 1.29 is 28.3 Å². The van der Waals surface area contributed by atoms with E-state index in [1.54, 1.807) is 38.1 Å². The van der Waals surface area contributed by atoms with E-state index in [-0.39, 0.29) is 29.2 Å². The van der Waals surface area contributed by atoms with Crippen molar-refractivity contribution in [2.45, 2.75) is 27.4 Å². The van der Waals surface area contributed by atoms with Crippen LogP contribution >= 0.6 is 0 Å². The summed E-state index contributed by atoms with van der Waals surface area (Å²) in [5, 5.41) is 0. The number of amides is 2. The van der Waals surface area contributed by atoms with Gasteiger partial charge >= 0.3 is 5.97 Å². The Morgan fingerprint density at radius 2 is 1.74 bits per heavy atom. The van der Waals surface area contributed by atoms with Crippen molar-refractivity contribution in [1.82, 2.24) is 4.98 Å². The Kier molecular flexibility index (Phi) is 5.29. The van der Waals surface area contributed by atoms with Crippen LogP contribution < -0.4 is 9.64 Å². The second-order valence-corrected chi connectivity index (χ2v) is 6.96. The van der Waals surface area contributed by atoms with Gasteiger partial charge in [-0.1, -0.05) is 0 Å². The van der Waals surface area contributed by atoms with Crippen molar-refractivity contribution in [3.8, 4) is 5.75 Å². The van der Waals surface area contributed by atoms with E-state index in [4.69, 9.17) is 13.9 Å². The highest BCUT2D eigenvalue weighted by Crippen LogP contribution is 2.30. The van der Waals surface area contributed by atoms with Gasteiger partial charge in [-0.15, -0.1) is 0 Å². The molecule has 1 aliphatic heterocycles. The van der Waals surface area contributed by atoms with Gasteiger partial charge < -0.3 is 13.9 Å². The molecule has 158 valence electrons. The smallest absolute Gasteiger partial charge is 0.338 e. The van der Waals surface area contributed by atoms with E-state index in [9.17, 15) is 14.4 Å². The Morgan fingerprint density at radius 1 is 1.03 bits per heavy atom. The molecule has 8 nitrogen and oxygen atoms in total. The Labute approximate surface area is 178 Å². The maximum Gasteiger partial charge on any atom is 0.338 e. The molecular formula is C23H20N2O6. The average Bonchev–Trinajstić information content (AvgIpc) is 3.22. The molecule has 0 spiro atoms. The number of ether oxygens (including phenoxy) is 2. The van der Waals surface area contributed by atoms with Crippen LogP contribution in [0.5, 0.6) is 5.75 Å². The molecule has 2 amide bonds. The Bertz CT molecular complexity index is 1160. The van der Waals surface area contributed by atoms with E-state index in [0.29, 0.717) is 23.8 Å². The molecule has 2 aromatic carbocycles. The number of oxazole rings is 1. The molecule has 4 rings (SSSR count). The molecule has 0 N–H and O–H groups in total. The minimum Gasteiger partial charge on any atom is -0.494 e. The van der Waals surface area contributed by atoms with Crippen molar-refractivity contribution in [2.75, 3.05) is 11.5 Å². The topological polar surface area (TPSA) is 98.9 Å². The molecule has 8 heteroatoms. The summed E-state index contributed by atoms with van der Waals surface area (Å²) in [4.78, 5) is 43.4. The van der Waals surface area contributed by atoms with Gasteiger partial charge in [0.05, 0.1) is 34.7 Å². The number of nitrogens with zero attached hydrogens (tertiary/aromatic N) is 2. The second kappa shape index (κ2) is 8.06. The van der Waals surface area contributed by atoms with Gasteiger partial charge in [0.25, 0.3) is 11.8 Å². The highest BCUT2D eigenvalue weighted by molar-refractivity contribution is 6.34. The van der Waals surface area contributed by atoms with Crippen LogP contribution in [0.25, 0.3) is 0 Å². The number of carbonyl (C=O) groups is 3. The molecule has 0 radical (unpaired) electrons. The van der Waals surface area contributed by atoms with Crippen molar-refractivity contribution in [2.24, 2.45) is 0 Å². The predicted molar refractivity (Wildman–Crippen MR) is 110 cm³/mol. The number of carbonyl (C=O) groups excluding carboxylic acids is 3. The molecule has 0 unspecified atom stereocenters. The SMILES string of the molecule is CCOc1ccc(N2C(=O)c3ccc(C(=O)OCc4nc(C)c(C)o4)cc3C2=O)cc1. The first-order valence-electron chi connectivity index (χ1n) is 9.74. The lowest BCUT2D eigenvalue weighted by molar-refractivity contribution is 0.0436. The number of aromatic nitrogens is 1. The molecule has 0 atom stereocenters. The predicted octanol–water partition coefficient (Wildman–Crippen LogP) is 3.85. The largest absolute Gasteiger partial charge is 0.494 e. The minimum absolute atomic E-state index is 0.129. The van der Waals surface area contributed by atoms with E-state index in [1.807, 2.05) is 6.92 Å². The number of fused-ring (bicyclic) bond motifs is 1. The molecule has 31 heavy (non-hydrogen) atoms. The van der Waals surface area contributed by atoms with Gasteiger partial charge in [-0.2, -0.15) is 0 Å². The third kappa shape index (κ3) is 3.79. The zero-order valence-corrected chi connectivity index (χ0v) is 17.3. The number of esters is 1. The summed E-state index contributed by atoms with van der Waals surface area (Å²) in [6, 6.07) is 11.0. The molecule has 0 bridgehead atoms. The summed E-state index contributed by atoms with van der Waals surface area (Å²) in [5.74, 6) is -0.00696. The Morgan fingerprint density at radius 3 is 2.39 bits per heavy atom. The first kappa shape index (κ1) is 20.3. The molecule has 1 aliphatic rings. The molecule has 0 fully saturated rings. The number of benzene rings is 2. The maximum atomic E-state index is 12.9. The quantitative estimate of drug-likeness (QED) is 0.441. The summed E-state index contributed by atoms with van der Waals surface area (Å²) in [6.07, 6.45) is 0. The van der Waals surface area contributed by atoms with E-state index < -0.39 is 17.8 Å². The molecule has 1 aromatic heterocycles. The van der Waals surface area contributed by atoms with Gasteiger partial charge in [0.15, 0.2) is 6.61 Å². The van der Waals surface area contributed by atoms with Crippen LogP contribution in [0.15, 0.2) is 46.9 Å². The fourth-order valence-corrected chi connectivity index (χ4v) is 3.27. The van der Waals surface area contributed by atoms with Crippen LogP contribution in [-0.2, 0) is 11.3 Å². The molecule has 0 saturated heterocycles. The van der Waals surface area contributed by atoms with Crippen molar-refractivity contribution in [3.63, 3.8) is 0 Å². The zero-order valence-electron chi connectivity index (χ0n) is 17.3. The summed E-state index contributed by atoms with van der Waals surface area (Å²) in [7, 11) is 0. The first-order chi connectivity index (χ1) is 14.9. The van der Waals surface area contributed by atoms with Crippen LogP contribution in [0.2, 0.25) is 0 Å². The fraction of sp³-hybridized carbons (Fsp3) is 0.217. The number of imide groups is 1. The summed E-state index contributed by atoms with van der Waals surface area (Å²) in [6.45, 7) is 5.82. The van der Waals surface area contributed by atoms with Crippen LogP contribution in [0.1, 0.15) is 55.3 Å². The number of hydrogen-bond donors (Lipinski definition) is 0. The number of hydrogen-bond acceptors (Lipinski definition) is 7. The molecule has 2 heterocycles. The standard InChI is InChI=1S/C23H20N2O6/c1-4-29-17-8-6-16(7-9-17)25-21(26)18-10-5-15(11-19(18)22(25)27)23(28)30-12-20-24-13(2)14(3)31-20/h5-11H,4,12H2,1-3H3. The van der Waals surface area contributed by atoms with Gasteiger partial charge in [0.2, 0.25) is 5.89 Å². The van der Waals surface area contributed by atoms with Crippen LogP contribution in [0.3, 0.4) is 0 Å². The van der Waals surface area contributed by atoms with Crippen LogP contribution in [-0.4, -0.2) is 29.4 Å².